The fourth-order valence-electron chi connectivity index (χ4n) is 3.32. The number of carboxylic acid groups (broad SMARTS) is 1. The molecule has 0 aliphatic carbocycles. The summed E-state index contributed by atoms with van der Waals surface area (Å²) in [5.74, 6) is -1.19. The van der Waals surface area contributed by atoms with Crippen LogP contribution in [0.15, 0.2) is 72.3 Å². The van der Waals surface area contributed by atoms with Crippen LogP contribution in [-0.4, -0.2) is 36.2 Å². The van der Waals surface area contributed by atoms with Crippen LogP contribution in [0.25, 0.3) is 6.08 Å². The van der Waals surface area contributed by atoms with Gasteiger partial charge in [-0.25, -0.2) is 9.59 Å². The monoisotopic (exact) mass is 514 g/mol. The second-order valence-corrected chi connectivity index (χ2v) is 7.85. The minimum absolute atomic E-state index is 0.130. The Morgan fingerprint density at radius 2 is 1.58 bits per heavy atom. The van der Waals surface area contributed by atoms with Crippen LogP contribution in [0.2, 0.25) is 0 Å². The highest BCUT2D eigenvalue weighted by molar-refractivity contribution is 6.09. The number of ether oxygens (including phenoxy) is 3. The average molecular weight is 515 g/mol. The first-order valence-corrected chi connectivity index (χ1v) is 11.8. The molecule has 38 heavy (non-hydrogen) atoms. The first kappa shape index (κ1) is 27.5. The van der Waals surface area contributed by atoms with E-state index in [4.69, 9.17) is 19.3 Å². The van der Waals surface area contributed by atoms with Crippen molar-refractivity contribution in [2.75, 3.05) is 18.5 Å². The number of benzene rings is 3. The van der Waals surface area contributed by atoms with Gasteiger partial charge in [-0.3, -0.25) is 4.79 Å². The highest BCUT2D eigenvalue weighted by atomic mass is 16.5. The molecule has 0 spiro atoms. The summed E-state index contributed by atoms with van der Waals surface area (Å²) in [6.45, 7) is 4.34. The Balaban J connectivity index is 1.72. The van der Waals surface area contributed by atoms with Crippen molar-refractivity contribution in [2.24, 2.45) is 0 Å². The molecule has 0 aromatic heterocycles. The van der Waals surface area contributed by atoms with Gasteiger partial charge in [-0.05, 0) is 79.6 Å². The third-order valence-electron chi connectivity index (χ3n) is 5.19. The zero-order valence-corrected chi connectivity index (χ0v) is 20.9. The van der Waals surface area contributed by atoms with E-state index in [1.807, 2.05) is 13.0 Å². The lowest BCUT2D eigenvalue weighted by Gasteiger charge is -2.13. The number of anilines is 1. The van der Waals surface area contributed by atoms with Crippen molar-refractivity contribution < 1.29 is 33.7 Å². The maximum Gasteiger partial charge on any atom is 0.338 e. The molecule has 9 nitrogen and oxygen atoms in total. The van der Waals surface area contributed by atoms with Crippen LogP contribution in [0.5, 0.6) is 11.5 Å². The molecular weight excluding hydrogens is 488 g/mol. The standard InChI is InChI=1S/C29H26N2O7/c1-3-36-26-16-20(7-14-25(26)38-18-19-5-8-21(9-6-19)28(33)34)15-23(17-30)27(32)31-24-12-10-22(11-13-24)29(35)37-4-2/h5-16H,3-4,18H2,1-2H3,(H,31,32)(H,33,34)/b23-15+. The largest absolute Gasteiger partial charge is 0.490 e. The van der Waals surface area contributed by atoms with Crippen molar-refractivity contribution in [3.05, 3.63) is 94.6 Å². The zero-order valence-electron chi connectivity index (χ0n) is 20.9. The number of rotatable bonds is 11. The summed E-state index contributed by atoms with van der Waals surface area (Å²) >= 11 is 0. The van der Waals surface area contributed by atoms with E-state index in [0.29, 0.717) is 34.9 Å². The Hall–Kier alpha value is -5.10. The van der Waals surface area contributed by atoms with Crippen molar-refractivity contribution >= 4 is 29.6 Å². The van der Waals surface area contributed by atoms with Gasteiger partial charge < -0.3 is 24.6 Å². The first-order valence-electron chi connectivity index (χ1n) is 11.8. The van der Waals surface area contributed by atoms with Crippen molar-refractivity contribution in [3.8, 4) is 17.6 Å². The van der Waals surface area contributed by atoms with Gasteiger partial charge >= 0.3 is 11.9 Å². The molecule has 0 saturated heterocycles. The summed E-state index contributed by atoms with van der Waals surface area (Å²) in [5, 5.41) is 21.2. The van der Waals surface area contributed by atoms with Crippen LogP contribution in [0.1, 0.15) is 45.7 Å². The third-order valence-corrected chi connectivity index (χ3v) is 5.19. The number of amides is 1. The number of aromatic carboxylic acids is 1. The molecular formula is C29H26N2O7. The van der Waals surface area contributed by atoms with E-state index in [0.717, 1.165) is 5.56 Å². The number of esters is 1. The van der Waals surface area contributed by atoms with E-state index in [-0.39, 0.29) is 24.4 Å². The molecule has 0 heterocycles. The van der Waals surface area contributed by atoms with Crippen molar-refractivity contribution in [1.29, 1.82) is 5.26 Å². The molecule has 0 aliphatic rings. The number of nitrogens with one attached hydrogen (secondary N) is 1. The minimum atomic E-state index is -1.00. The van der Waals surface area contributed by atoms with Gasteiger partial charge in [0.05, 0.1) is 24.3 Å². The van der Waals surface area contributed by atoms with Gasteiger partial charge in [-0.1, -0.05) is 18.2 Å². The average Bonchev–Trinajstić information content (AvgIpc) is 2.92. The smallest absolute Gasteiger partial charge is 0.338 e. The van der Waals surface area contributed by atoms with Gasteiger partial charge in [0.15, 0.2) is 11.5 Å². The zero-order chi connectivity index (χ0) is 27.5. The highest BCUT2D eigenvalue weighted by Crippen LogP contribution is 2.30. The van der Waals surface area contributed by atoms with Crippen LogP contribution in [0.4, 0.5) is 5.69 Å². The van der Waals surface area contributed by atoms with Gasteiger partial charge in [0.2, 0.25) is 0 Å². The molecule has 0 aliphatic heterocycles. The normalized spacial score (nSPS) is 10.7. The molecule has 0 unspecified atom stereocenters. The highest BCUT2D eigenvalue weighted by Gasteiger charge is 2.13. The minimum Gasteiger partial charge on any atom is -0.490 e. The van der Waals surface area contributed by atoms with E-state index in [2.05, 4.69) is 5.32 Å². The summed E-state index contributed by atoms with van der Waals surface area (Å²) in [5.41, 5.74) is 2.15. The lowest BCUT2D eigenvalue weighted by molar-refractivity contribution is -0.112. The molecule has 9 heteroatoms. The molecule has 2 N–H and O–H groups in total. The van der Waals surface area contributed by atoms with Crippen LogP contribution in [0, 0.1) is 11.3 Å². The summed E-state index contributed by atoms with van der Waals surface area (Å²) in [7, 11) is 0. The van der Waals surface area contributed by atoms with E-state index >= 15 is 0 Å². The van der Waals surface area contributed by atoms with Crippen LogP contribution in [-0.2, 0) is 16.1 Å². The van der Waals surface area contributed by atoms with Crippen molar-refractivity contribution in [2.45, 2.75) is 20.5 Å². The Bertz CT molecular complexity index is 1370. The maximum atomic E-state index is 12.7. The SMILES string of the molecule is CCOC(=O)c1ccc(NC(=O)/C(C#N)=C/c2ccc(OCc3ccc(C(=O)O)cc3)c(OCC)c2)cc1. The third kappa shape index (κ3) is 7.45. The Kier molecular flexibility index (Phi) is 9.60. The number of hydrogen-bond donors (Lipinski definition) is 2. The van der Waals surface area contributed by atoms with Crippen molar-refractivity contribution in [3.63, 3.8) is 0 Å². The molecule has 0 atom stereocenters. The molecule has 0 fully saturated rings. The topological polar surface area (TPSA) is 135 Å². The number of nitrogens with zero attached hydrogens (tertiary/aromatic N) is 1. The number of carbonyl (C=O) groups excluding carboxylic acids is 2. The Morgan fingerprint density at radius 1 is 0.895 bits per heavy atom. The summed E-state index contributed by atoms with van der Waals surface area (Å²) < 4.78 is 16.5. The molecule has 1 amide bonds. The fourth-order valence-corrected chi connectivity index (χ4v) is 3.32. The predicted octanol–water partition coefficient (Wildman–Crippen LogP) is 5.08. The lowest BCUT2D eigenvalue weighted by Crippen LogP contribution is -2.13. The summed E-state index contributed by atoms with van der Waals surface area (Å²) in [6, 6.07) is 19.4. The van der Waals surface area contributed by atoms with Crippen LogP contribution < -0.4 is 14.8 Å². The van der Waals surface area contributed by atoms with E-state index in [1.165, 1.54) is 30.3 Å². The molecule has 0 radical (unpaired) electrons. The number of hydrogen-bond acceptors (Lipinski definition) is 7. The van der Waals surface area contributed by atoms with Gasteiger partial charge in [-0.15, -0.1) is 0 Å². The Morgan fingerprint density at radius 3 is 2.18 bits per heavy atom. The van der Waals surface area contributed by atoms with E-state index in [9.17, 15) is 19.6 Å². The Labute approximate surface area is 219 Å². The van der Waals surface area contributed by atoms with Gasteiger partial charge in [-0.2, -0.15) is 5.26 Å². The summed E-state index contributed by atoms with van der Waals surface area (Å²) in [6.07, 6.45) is 1.43. The molecule has 0 bridgehead atoms. The van der Waals surface area contributed by atoms with Gasteiger partial charge in [0, 0.05) is 5.69 Å². The second kappa shape index (κ2) is 13.3. The van der Waals surface area contributed by atoms with Crippen molar-refractivity contribution in [1.82, 2.24) is 0 Å². The predicted molar refractivity (Wildman–Crippen MR) is 140 cm³/mol. The van der Waals surface area contributed by atoms with E-state index < -0.39 is 17.8 Å². The second-order valence-electron chi connectivity index (χ2n) is 7.85. The summed E-state index contributed by atoms with van der Waals surface area (Å²) in [4.78, 5) is 35.5. The molecule has 3 aromatic carbocycles. The molecule has 3 rings (SSSR count). The molecule has 0 saturated carbocycles. The number of carbonyl (C=O) groups is 3. The van der Waals surface area contributed by atoms with Crippen LogP contribution >= 0.6 is 0 Å². The first-order chi connectivity index (χ1) is 18.3. The lowest BCUT2D eigenvalue weighted by atomic mass is 10.1. The number of carboxylic acids is 1. The van der Waals surface area contributed by atoms with Gasteiger partial charge in [0.1, 0.15) is 18.2 Å². The quantitative estimate of drug-likeness (QED) is 0.205. The van der Waals surface area contributed by atoms with Gasteiger partial charge in [0.25, 0.3) is 5.91 Å². The van der Waals surface area contributed by atoms with E-state index in [1.54, 1.807) is 49.4 Å². The molecule has 194 valence electrons. The molecule has 3 aromatic rings. The maximum absolute atomic E-state index is 12.7. The number of nitriles is 1. The fraction of sp³-hybridized carbons (Fsp3) is 0.172. The van der Waals surface area contributed by atoms with Crippen LogP contribution in [0.3, 0.4) is 0 Å².